The molecule has 0 bridgehead atoms. The summed E-state index contributed by atoms with van der Waals surface area (Å²) >= 11 is 0. The Morgan fingerprint density at radius 1 is 1.08 bits per heavy atom. The zero-order valence-corrected chi connectivity index (χ0v) is 22.2. The van der Waals surface area contributed by atoms with Gasteiger partial charge in [-0.1, -0.05) is 31.4 Å². The first-order valence-electron chi connectivity index (χ1n) is 12.8. The summed E-state index contributed by atoms with van der Waals surface area (Å²) in [5.74, 6) is -1.45. The minimum absolute atomic E-state index is 0.116. The highest BCUT2D eigenvalue weighted by atomic mass is 19.4. The van der Waals surface area contributed by atoms with Gasteiger partial charge in [0, 0.05) is 12.1 Å². The molecule has 2 N–H and O–H groups in total. The van der Waals surface area contributed by atoms with Crippen LogP contribution in [0.15, 0.2) is 42.5 Å². The molecule has 1 unspecified atom stereocenters. The molecule has 2 aromatic rings. The molecule has 0 aliphatic heterocycles. The van der Waals surface area contributed by atoms with Crippen LogP contribution in [0.25, 0.3) is 0 Å². The summed E-state index contributed by atoms with van der Waals surface area (Å²) in [5.41, 5.74) is -3.94. The largest absolute Gasteiger partial charge is 0.482 e. The van der Waals surface area contributed by atoms with Crippen LogP contribution in [-0.2, 0) is 26.9 Å². The SMILES string of the molecule is CC(C)(C)OC(=O)COc1cccc(CC(O)(C(=O)Nc2ccc(C#N)c(C(F)(F)F)c2)C2CCCCC2)c1. The predicted octanol–water partition coefficient (Wildman–Crippen LogP) is 5.79. The molecule has 1 amide bonds. The molecular formula is C29H33F3N2O5. The van der Waals surface area contributed by atoms with E-state index in [1.807, 2.05) is 0 Å². The number of hydrogen-bond acceptors (Lipinski definition) is 6. The summed E-state index contributed by atoms with van der Waals surface area (Å²) < 4.78 is 51.1. The van der Waals surface area contributed by atoms with E-state index in [0.29, 0.717) is 30.2 Å². The summed E-state index contributed by atoms with van der Waals surface area (Å²) in [6, 6.07) is 11.0. The number of aliphatic hydroxyl groups is 1. The molecule has 1 aliphatic carbocycles. The van der Waals surface area contributed by atoms with Crippen molar-refractivity contribution in [1.82, 2.24) is 0 Å². The summed E-state index contributed by atoms with van der Waals surface area (Å²) in [5, 5.41) is 23.3. The monoisotopic (exact) mass is 546 g/mol. The third kappa shape index (κ3) is 8.20. The van der Waals surface area contributed by atoms with Gasteiger partial charge >= 0.3 is 12.1 Å². The smallest absolute Gasteiger partial charge is 0.417 e. The highest BCUT2D eigenvalue weighted by molar-refractivity contribution is 5.97. The molecule has 3 rings (SSSR count). The Labute approximate surface area is 225 Å². The van der Waals surface area contributed by atoms with Gasteiger partial charge in [-0.15, -0.1) is 0 Å². The van der Waals surface area contributed by atoms with Crippen LogP contribution in [0, 0.1) is 17.2 Å². The molecule has 0 radical (unpaired) electrons. The van der Waals surface area contributed by atoms with Crippen LogP contribution in [0.4, 0.5) is 18.9 Å². The second-order valence-electron chi connectivity index (χ2n) is 10.8. The van der Waals surface area contributed by atoms with E-state index in [1.165, 1.54) is 12.1 Å². The zero-order chi connectivity index (χ0) is 28.8. The number of hydrogen-bond donors (Lipinski definition) is 2. The number of benzene rings is 2. The first-order valence-corrected chi connectivity index (χ1v) is 12.8. The van der Waals surface area contributed by atoms with Gasteiger partial charge in [0.25, 0.3) is 5.91 Å². The highest BCUT2D eigenvalue weighted by Crippen LogP contribution is 2.38. The lowest BCUT2D eigenvalue weighted by Crippen LogP contribution is -2.51. The highest BCUT2D eigenvalue weighted by Gasteiger charge is 2.44. The third-order valence-corrected chi connectivity index (χ3v) is 6.53. The Bertz CT molecular complexity index is 1230. The molecule has 0 heterocycles. The second kappa shape index (κ2) is 12.1. The third-order valence-electron chi connectivity index (χ3n) is 6.53. The van der Waals surface area contributed by atoms with E-state index < -0.39 is 46.3 Å². The van der Waals surface area contributed by atoms with Crippen molar-refractivity contribution in [3.8, 4) is 11.8 Å². The number of ether oxygens (including phenoxy) is 2. The lowest BCUT2D eigenvalue weighted by atomic mass is 9.73. The summed E-state index contributed by atoms with van der Waals surface area (Å²) in [7, 11) is 0. The average Bonchev–Trinajstić information content (AvgIpc) is 2.86. The predicted molar refractivity (Wildman–Crippen MR) is 138 cm³/mol. The fourth-order valence-corrected chi connectivity index (χ4v) is 4.75. The Kier molecular flexibility index (Phi) is 9.28. The van der Waals surface area contributed by atoms with E-state index >= 15 is 0 Å². The molecule has 7 nitrogen and oxygen atoms in total. The van der Waals surface area contributed by atoms with Crippen molar-refractivity contribution in [2.45, 2.75) is 76.7 Å². The van der Waals surface area contributed by atoms with Crippen molar-refractivity contribution < 1.29 is 37.3 Å². The minimum atomic E-state index is -4.79. The lowest BCUT2D eigenvalue weighted by molar-refractivity contribution is -0.157. The Balaban J connectivity index is 1.83. The van der Waals surface area contributed by atoms with Gasteiger partial charge in [-0.2, -0.15) is 18.4 Å². The molecule has 10 heteroatoms. The van der Waals surface area contributed by atoms with Crippen LogP contribution in [0.2, 0.25) is 0 Å². The molecule has 0 aromatic heterocycles. The van der Waals surface area contributed by atoms with Crippen LogP contribution >= 0.6 is 0 Å². The Morgan fingerprint density at radius 2 is 1.77 bits per heavy atom. The summed E-state index contributed by atoms with van der Waals surface area (Å²) in [6.07, 6.45) is -1.14. The number of esters is 1. The molecule has 1 atom stereocenters. The lowest BCUT2D eigenvalue weighted by Gasteiger charge is -2.37. The van der Waals surface area contributed by atoms with Crippen molar-refractivity contribution in [3.63, 3.8) is 0 Å². The van der Waals surface area contributed by atoms with E-state index in [0.717, 1.165) is 25.3 Å². The number of carbonyl (C=O) groups excluding carboxylic acids is 2. The van der Waals surface area contributed by atoms with E-state index in [4.69, 9.17) is 14.7 Å². The first kappa shape index (κ1) is 30.0. The molecule has 210 valence electrons. The second-order valence-corrected chi connectivity index (χ2v) is 10.8. The van der Waals surface area contributed by atoms with E-state index in [9.17, 15) is 27.9 Å². The molecular weight excluding hydrogens is 513 g/mol. The van der Waals surface area contributed by atoms with Gasteiger partial charge in [-0.3, -0.25) is 4.79 Å². The minimum Gasteiger partial charge on any atom is -0.482 e. The standard InChI is InChI=1S/C29H33F3N2O5/c1-27(2,3)39-25(35)18-38-23-11-7-8-19(14-23)16-28(37,21-9-5-4-6-10-21)26(36)34-22-13-12-20(17-33)24(15-22)29(30,31)32/h7-8,11-15,21,37H,4-6,9-10,16,18H2,1-3H3,(H,34,36). The number of nitrogens with one attached hydrogen (secondary N) is 1. The van der Waals surface area contributed by atoms with Crippen molar-refractivity contribution in [1.29, 1.82) is 5.26 Å². The Hall–Kier alpha value is -3.58. The fraction of sp³-hybridized carbons (Fsp3) is 0.483. The van der Waals surface area contributed by atoms with E-state index in [2.05, 4.69) is 5.32 Å². The number of halogens is 3. The Morgan fingerprint density at radius 3 is 2.38 bits per heavy atom. The van der Waals surface area contributed by atoms with Gasteiger partial charge in [0.2, 0.25) is 0 Å². The summed E-state index contributed by atoms with van der Waals surface area (Å²) in [4.78, 5) is 25.5. The van der Waals surface area contributed by atoms with Crippen LogP contribution in [0.1, 0.15) is 69.6 Å². The molecule has 0 spiro atoms. The van der Waals surface area contributed by atoms with Crippen molar-refractivity contribution in [3.05, 3.63) is 59.2 Å². The number of alkyl halides is 3. The van der Waals surface area contributed by atoms with Crippen LogP contribution < -0.4 is 10.1 Å². The summed E-state index contributed by atoms with van der Waals surface area (Å²) in [6.45, 7) is 4.90. The van der Waals surface area contributed by atoms with Gasteiger partial charge in [0.15, 0.2) is 6.61 Å². The van der Waals surface area contributed by atoms with Crippen molar-refractivity contribution in [2.75, 3.05) is 11.9 Å². The zero-order valence-electron chi connectivity index (χ0n) is 22.2. The molecule has 1 saturated carbocycles. The van der Waals surface area contributed by atoms with Crippen LogP contribution in [-0.4, -0.2) is 34.8 Å². The van der Waals surface area contributed by atoms with E-state index in [1.54, 1.807) is 45.0 Å². The molecule has 39 heavy (non-hydrogen) atoms. The van der Waals surface area contributed by atoms with Gasteiger partial charge in [0.1, 0.15) is 17.0 Å². The van der Waals surface area contributed by atoms with Crippen LogP contribution in [0.3, 0.4) is 0 Å². The number of anilines is 1. The van der Waals surface area contributed by atoms with Crippen molar-refractivity contribution >= 4 is 17.6 Å². The van der Waals surface area contributed by atoms with Gasteiger partial charge in [-0.25, -0.2) is 4.79 Å². The molecule has 2 aromatic carbocycles. The number of carbonyl (C=O) groups is 2. The maximum absolute atomic E-state index is 13.5. The van der Waals surface area contributed by atoms with Crippen molar-refractivity contribution in [2.24, 2.45) is 5.92 Å². The maximum atomic E-state index is 13.5. The van der Waals surface area contributed by atoms with E-state index in [-0.39, 0.29) is 18.7 Å². The molecule has 0 saturated heterocycles. The number of nitrogens with zero attached hydrogens (tertiary/aromatic N) is 1. The normalized spacial score (nSPS) is 16.1. The fourth-order valence-electron chi connectivity index (χ4n) is 4.75. The molecule has 1 aliphatic rings. The van der Waals surface area contributed by atoms with Gasteiger partial charge in [0.05, 0.1) is 17.2 Å². The van der Waals surface area contributed by atoms with Crippen LogP contribution in [0.5, 0.6) is 5.75 Å². The maximum Gasteiger partial charge on any atom is 0.417 e. The quantitative estimate of drug-likeness (QED) is 0.406. The average molecular weight is 547 g/mol. The van der Waals surface area contributed by atoms with Gasteiger partial charge in [-0.05, 0) is 75.4 Å². The molecule has 1 fully saturated rings. The number of nitriles is 1. The van der Waals surface area contributed by atoms with Gasteiger partial charge < -0.3 is 19.9 Å². The topological polar surface area (TPSA) is 109 Å². The first-order chi connectivity index (χ1) is 18.2. The number of amides is 1. The number of rotatable bonds is 8.